The molecule has 1 aliphatic rings. The Labute approximate surface area is 122 Å². The summed E-state index contributed by atoms with van der Waals surface area (Å²) in [6, 6.07) is 4.07. The van der Waals surface area contributed by atoms with Crippen LogP contribution < -0.4 is 5.32 Å². The SMILES string of the molecule is CCOC(=O)C1CNCCN1Cc1cc(Cl)ccc1F. The van der Waals surface area contributed by atoms with Crippen LogP contribution in [0.2, 0.25) is 5.02 Å². The lowest BCUT2D eigenvalue weighted by molar-refractivity contribution is -0.150. The molecule has 1 fully saturated rings. The minimum atomic E-state index is -0.387. The van der Waals surface area contributed by atoms with E-state index in [9.17, 15) is 9.18 Å². The molecule has 1 unspecified atom stereocenters. The monoisotopic (exact) mass is 300 g/mol. The van der Waals surface area contributed by atoms with Gasteiger partial charge in [-0.3, -0.25) is 9.69 Å². The molecule has 1 aliphatic heterocycles. The van der Waals surface area contributed by atoms with E-state index >= 15 is 0 Å². The second-order valence-electron chi connectivity index (χ2n) is 4.68. The summed E-state index contributed by atoms with van der Waals surface area (Å²) in [5, 5.41) is 3.64. The Morgan fingerprint density at radius 1 is 1.60 bits per heavy atom. The highest BCUT2D eigenvalue weighted by Gasteiger charge is 2.30. The third-order valence-corrected chi connectivity index (χ3v) is 3.53. The second-order valence-corrected chi connectivity index (χ2v) is 5.11. The average molecular weight is 301 g/mol. The zero-order valence-electron chi connectivity index (χ0n) is 11.4. The van der Waals surface area contributed by atoms with Gasteiger partial charge in [0.25, 0.3) is 0 Å². The summed E-state index contributed by atoms with van der Waals surface area (Å²) in [6.45, 7) is 4.40. The Hall–Kier alpha value is -1.17. The highest BCUT2D eigenvalue weighted by Crippen LogP contribution is 2.18. The van der Waals surface area contributed by atoms with E-state index in [1.165, 1.54) is 12.1 Å². The van der Waals surface area contributed by atoms with Crippen LogP contribution in [0.5, 0.6) is 0 Å². The quantitative estimate of drug-likeness (QED) is 0.861. The molecule has 0 radical (unpaired) electrons. The van der Waals surface area contributed by atoms with Crippen molar-refractivity contribution in [2.75, 3.05) is 26.2 Å². The van der Waals surface area contributed by atoms with Gasteiger partial charge in [0.2, 0.25) is 0 Å². The van der Waals surface area contributed by atoms with Crippen molar-refractivity contribution in [2.24, 2.45) is 0 Å². The normalized spacial score (nSPS) is 19.9. The molecule has 1 saturated heterocycles. The van der Waals surface area contributed by atoms with Crippen LogP contribution in [0.3, 0.4) is 0 Å². The van der Waals surface area contributed by atoms with Gasteiger partial charge in [0.15, 0.2) is 0 Å². The van der Waals surface area contributed by atoms with Gasteiger partial charge in [0.1, 0.15) is 11.9 Å². The Balaban J connectivity index is 2.12. The van der Waals surface area contributed by atoms with E-state index in [-0.39, 0.29) is 17.8 Å². The number of carbonyl (C=O) groups is 1. The van der Waals surface area contributed by atoms with Crippen LogP contribution in [0.1, 0.15) is 12.5 Å². The Bertz CT molecular complexity index is 484. The number of hydrogen-bond donors (Lipinski definition) is 1. The first-order valence-corrected chi connectivity index (χ1v) is 7.05. The maximum atomic E-state index is 13.8. The van der Waals surface area contributed by atoms with Crippen molar-refractivity contribution in [2.45, 2.75) is 19.5 Å². The van der Waals surface area contributed by atoms with Gasteiger partial charge in [-0.05, 0) is 25.1 Å². The molecule has 4 nitrogen and oxygen atoms in total. The molecule has 1 N–H and O–H groups in total. The van der Waals surface area contributed by atoms with Gasteiger partial charge >= 0.3 is 5.97 Å². The molecule has 1 aromatic carbocycles. The number of nitrogens with zero attached hydrogens (tertiary/aromatic N) is 1. The first-order chi connectivity index (χ1) is 9.61. The summed E-state index contributed by atoms with van der Waals surface area (Å²) in [4.78, 5) is 13.8. The van der Waals surface area contributed by atoms with Crippen molar-refractivity contribution in [1.29, 1.82) is 0 Å². The van der Waals surface area contributed by atoms with Gasteiger partial charge in [0, 0.05) is 36.8 Å². The van der Waals surface area contributed by atoms with E-state index in [0.717, 1.165) is 6.54 Å². The summed E-state index contributed by atoms with van der Waals surface area (Å²) < 4.78 is 18.8. The lowest BCUT2D eigenvalue weighted by Gasteiger charge is -2.34. The molecule has 1 heterocycles. The number of rotatable bonds is 4. The fraction of sp³-hybridized carbons (Fsp3) is 0.500. The highest BCUT2D eigenvalue weighted by molar-refractivity contribution is 6.30. The molecule has 0 aromatic heterocycles. The van der Waals surface area contributed by atoms with Gasteiger partial charge in [-0.25, -0.2) is 4.39 Å². The average Bonchev–Trinajstić information content (AvgIpc) is 2.44. The lowest BCUT2D eigenvalue weighted by atomic mass is 10.1. The van der Waals surface area contributed by atoms with Crippen molar-refractivity contribution in [3.8, 4) is 0 Å². The molecule has 6 heteroatoms. The van der Waals surface area contributed by atoms with Crippen LogP contribution in [-0.2, 0) is 16.1 Å². The van der Waals surface area contributed by atoms with Crippen LogP contribution in [-0.4, -0.2) is 43.2 Å². The predicted molar refractivity (Wildman–Crippen MR) is 75.1 cm³/mol. The minimum absolute atomic E-state index is 0.276. The van der Waals surface area contributed by atoms with E-state index in [0.29, 0.717) is 36.8 Å². The van der Waals surface area contributed by atoms with Crippen molar-refractivity contribution >= 4 is 17.6 Å². The predicted octanol–water partition coefficient (Wildman–Crippen LogP) is 1.82. The fourth-order valence-electron chi connectivity index (χ4n) is 2.29. The van der Waals surface area contributed by atoms with E-state index in [2.05, 4.69) is 5.32 Å². The zero-order valence-corrected chi connectivity index (χ0v) is 12.1. The van der Waals surface area contributed by atoms with E-state index in [1.54, 1.807) is 13.0 Å². The van der Waals surface area contributed by atoms with Gasteiger partial charge in [-0.1, -0.05) is 11.6 Å². The molecule has 0 bridgehead atoms. The number of benzene rings is 1. The van der Waals surface area contributed by atoms with E-state index in [4.69, 9.17) is 16.3 Å². The smallest absolute Gasteiger partial charge is 0.324 e. The van der Waals surface area contributed by atoms with Crippen LogP contribution in [0, 0.1) is 5.82 Å². The zero-order chi connectivity index (χ0) is 14.5. The molecule has 110 valence electrons. The number of hydrogen-bond acceptors (Lipinski definition) is 4. The van der Waals surface area contributed by atoms with Crippen LogP contribution in [0.15, 0.2) is 18.2 Å². The van der Waals surface area contributed by atoms with E-state index in [1.807, 2.05) is 4.90 Å². The molecule has 1 aromatic rings. The van der Waals surface area contributed by atoms with Crippen LogP contribution in [0.4, 0.5) is 4.39 Å². The van der Waals surface area contributed by atoms with Crippen molar-refractivity contribution < 1.29 is 13.9 Å². The highest BCUT2D eigenvalue weighted by atomic mass is 35.5. The summed E-state index contributed by atoms with van der Waals surface area (Å²) >= 11 is 5.89. The number of esters is 1. The molecule has 0 spiro atoms. The second kappa shape index (κ2) is 7.02. The topological polar surface area (TPSA) is 41.6 Å². The molecular weight excluding hydrogens is 283 g/mol. The van der Waals surface area contributed by atoms with Gasteiger partial charge in [0.05, 0.1) is 6.61 Å². The Kier molecular flexibility index (Phi) is 5.34. The lowest BCUT2D eigenvalue weighted by Crippen LogP contribution is -2.54. The van der Waals surface area contributed by atoms with Crippen molar-refractivity contribution in [3.63, 3.8) is 0 Å². The van der Waals surface area contributed by atoms with Gasteiger partial charge in [-0.2, -0.15) is 0 Å². The first-order valence-electron chi connectivity index (χ1n) is 6.67. The van der Waals surface area contributed by atoms with Gasteiger partial charge < -0.3 is 10.1 Å². The number of piperazine rings is 1. The van der Waals surface area contributed by atoms with Crippen molar-refractivity contribution in [1.82, 2.24) is 10.2 Å². The first kappa shape index (κ1) is 15.2. The standard InChI is InChI=1S/C14H18ClFN2O2/c1-2-20-14(19)13-8-17-5-6-18(13)9-10-7-11(15)3-4-12(10)16/h3-4,7,13,17H,2,5-6,8-9H2,1H3. The van der Waals surface area contributed by atoms with Gasteiger partial charge in [-0.15, -0.1) is 0 Å². The summed E-state index contributed by atoms with van der Waals surface area (Å²) in [6.07, 6.45) is 0. The molecule has 0 amide bonds. The minimum Gasteiger partial charge on any atom is -0.465 e. The van der Waals surface area contributed by atoms with Crippen LogP contribution >= 0.6 is 11.6 Å². The third kappa shape index (κ3) is 3.69. The van der Waals surface area contributed by atoms with Crippen molar-refractivity contribution in [3.05, 3.63) is 34.6 Å². The van der Waals surface area contributed by atoms with E-state index < -0.39 is 0 Å². The number of carbonyl (C=O) groups excluding carboxylic acids is 1. The molecule has 20 heavy (non-hydrogen) atoms. The fourth-order valence-corrected chi connectivity index (χ4v) is 2.48. The number of ether oxygens (including phenoxy) is 1. The largest absolute Gasteiger partial charge is 0.465 e. The molecule has 0 saturated carbocycles. The molecule has 2 rings (SSSR count). The summed E-state index contributed by atoms with van der Waals surface area (Å²) in [7, 11) is 0. The van der Waals surface area contributed by atoms with Crippen LogP contribution in [0.25, 0.3) is 0 Å². The maximum absolute atomic E-state index is 13.8. The Morgan fingerprint density at radius 3 is 3.15 bits per heavy atom. The maximum Gasteiger partial charge on any atom is 0.324 e. The Morgan fingerprint density at radius 2 is 2.40 bits per heavy atom. The molecule has 0 aliphatic carbocycles. The number of halogens is 2. The summed E-state index contributed by atoms with van der Waals surface area (Å²) in [5.74, 6) is -0.585. The summed E-state index contributed by atoms with van der Waals surface area (Å²) in [5.41, 5.74) is 0.494. The molecular formula is C14H18ClFN2O2. The molecule has 1 atom stereocenters. The number of nitrogens with one attached hydrogen (secondary N) is 1. The third-order valence-electron chi connectivity index (χ3n) is 3.29.